The van der Waals surface area contributed by atoms with E-state index in [1.54, 1.807) is 6.07 Å². The third-order valence-electron chi connectivity index (χ3n) is 3.59. The largest absolute Gasteiger partial charge is 0.486 e. The first-order chi connectivity index (χ1) is 12.0. The van der Waals surface area contributed by atoms with Crippen molar-refractivity contribution in [3.63, 3.8) is 0 Å². The minimum Gasteiger partial charge on any atom is -0.486 e. The van der Waals surface area contributed by atoms with Gasteiger partial charge in [0.2, 0.25) is 0 Å². The van der Waals surface area contributed by atoms with Crippen molar-refractivity contribution in [1.82, 2.24) is 5.32 Å². The minimum absolute atomic E-state index is 0.261. The lowest BCUT2D eigenvalue weighted by Gasteiger charge is -2.18. The molecule has 1 heterocycles. The van der Waals surface area contributed by atoms with Gasteiger partial charge in [0.25, 0.3) is 0 Å². The van der Waals surface area contributed by atoms with Gasteiger partial charge in [-0.1, -0.05) is 6.07 Å². The summed E-state index contributed by atoms with van der Waals surface area (Å²) in [6.07, 6.45) is 0.504. The summed E-state index contributed by atoms with van der Waals surface area (Å²) < 4.78 is 50.3. The van der Waals surface area contributed by atoms with Gasteiger partial charge in [-0.3, -0.25) is 0 Å². The molecular formula is C17H15F3N2O3. The number of urea groups is 1. The Morgan fingerprint density at radius 2 is 1.76 bits per heavy atom. The van der Waals surface area contributed by atoms with Gasteiger partial charge in [-0.25, -0.2) is 18.0 Å². The van der Waals surface area contributed by atoms with Crippen molar-refractivity contribution in [2.24, 2.45) is 0 Å². The van der Waals surface area contributed by atoms with Gasteiger partial charge in [0.05, 0.1) is 5.69 Å². The van der Waals surface area contributed by atoms with Gasteiger partial charge >= 0.3 is 6.03 Å². The topological polar surface area (TPSA) is 59.6 Å². The molecule has 2 amide bonds. The maximum Gasteiger partial charge on any atom is 0.319 e. The molecule has 0 fully saturated rings. The highest BCUT2D eigenvalue weighted by atomic mass is 19.2. The molecule has 132 valence electrons. The van der Waals surface area contributed by atoms with E-state index in [4.69, 9.17) is 9.47 Å². The number of ether oxygens (including phenoxy) is 2. The molecule has 1 aliphatic rings. The molecule has 1 aliphatic heterocycles. The number of hydrogen-bond acceptors (Lipinski definition) is 3. The third kappa shape index (κ3) is 3.96. The fourth-order valence-electron chi connectivity index (χ4n) is 2.35. The zero-order valence-electron chi connectivity index (χ0n) is 13.1. The third-order valence-corrected chi connectivity index (χ3v) is 3.59. The van der Waals surface area contributed by atoms with Gasteiger partial charge in [0.15, 0.2) is 29.0 Å². The molecule has 0 aliphatic carbocycles. The first-order valence-electron chi connectivity index (χ1n) is 7.61. The van der Waals surface area contributed by atoms with Gasteiger partial charge in [-0.15, -0.1) is 0 Å². The molecule has 0 unspecified atom stereocenters. The van der Waals surface area contributed by atoms with Crippen molar-refractivity contribution in [2.75, 3.05) is 25.1 Å². The zero-order chi connectivity index (χ0) is 17.8. The van der Waals surface area contributed by atoms with Gasteiger partial charge in [-0.2, -0.15) is 0 Å². The van der Waals surface area contributed by atoms with E-state index in [0.29, 0.717) is 31.1 Å². The van der Waals surface area contributed by atoms with Crippen LogP contribution in [0.25, 0.3) is 0 Å². The van der Waals surface area contributed by atoms with Crippen LogP contribution in [0.1, 0.15) is 5.56 Å². The Morgan fingerprint density at radius 1 is 1.00 bits per heavy atom. The molecule has 0 atom stereocenters. The molecule has 0 bridgehead atoms. The number of benzene rings is 2. The second-order valence-electron chi connectivity index (χ2n) is 5.33. The van der Waals surface area contributed by atoms with Crippen LogP contribution in [0.5, 0.6) is 11.5 Å². The molecule has 2 aromatic rings. The zero-order valence-corrected chi connectivity index (χ0v) is 13.1. The lowest BCUT2D eigenvalue weighted by atomic mass is 10.1. The Hall–Kier alpha value is -2.90. The first kappa shape index (κ1) is 16.9. The Labute approximate surface area is 141 Å². The number of halogens is 3. The Balaban J connectivity index is 1.52. The Morgan fingerprint density at radius 3 is 2.56 bits per heavy atom. The monoisotopic (exact) mass is 352 g/mol. The average Bonchev–Trinajstić information content (AvgIpc) is 2.62. The van der Waals surface area contributed by atoms with Crippen LogP contribution in [-0.2, 0) is 6.42 Å². The normalized spacial score (nSPS) is 12.6. The fourth-order valence-corrected chi connectivity index (χ4v) is 2.35. The smallest absolute Gasteiger partial charge is 0.319 e. The molecule has 25 heavy (non-hydrogen) atoms. The first-order valence-corrected chi connectivity index (χ1v) is 7.61. The molecule has 0 aromatic heterocycles. The van der Waals surface area contributed by atoms with Crippen molar-refractivity contribution in [1.29, 1.82) is 0 Å². The van der Waals surface area contributed by atoms with Crippen molar-refractivity contribution >= 4 is 11.7 Å². The molecule has 8 heteroatoms. The number of carbonyl (C=O) groups is 1. The summed E-state index contributed by atoms with van der Waals surface area (Å²) in [5.41, 5.74) is 0.485. The fraction of sp³-hybridized carbons (Fsp3) is 0.235. The van der Waals surface area contributed by atoms with E-state index in [9.17, 15) is 18.0 Å². The molecular weight excluding hydrogens is 337 g/mol. The summed E-state index contributed by atoms with van der Waals surface area (Å²) in [6, 6.07) is 6.44. The van der Waals surface area contributed by atoms with Crippen LogP contribution in [0.4, 0.5) is 23.7 Å². The predicted molar refractivity (Wildman–Crippen MR) is 84.5 cm³/mol. The van der Waals surface area contributed by atoms with E-state index in [-0.39, 0.29) is 6.54 Å². The summed E-state index contributed by atoms with van der Waals surface area (Å²) in [5.74, 6) is -3.07. The number of fused-ring (bicyclic) bond motifs is 1. The van der Waals surface area contributed by atoms with Gasteiger partial charge in [0.1, 0.15) is 13.2 Å². The molecule has 2 N–H and O–H groups in total. The van der Waals surface area contributed by atoms with Crippen LogP contribution in [0.15, 0.2) is 30.3 Å². The van der Waals surface area contributed by atoms with Crippen molar-refractivity contribution in [3.8, 4) is 11.5 Å². The molecule has 0 saturated carbocycles. The van der Waals surface area contributed by atoms with E-state index < -0.39 is 29.2 Å². The average molecular weight is 352 g/mol. The highest BCUT2D eigenvalue weighted by Crippen LogP contribution is 2.30. The Bertz CT molecular complexity index is 799. The maximum atomic E-state index is 13.5. The summed E-state index contributed by atoms with van der Waals surface area (Å²) in [6.45, 7) is 1.25. The van der Waals surface area contributed by atoms with Crippen LogP contribution >= 0.6 is 0 Å². The molecule has 3 rings (SSSR count). The van der Waals surface area contributed by atoms with Crippen LogP contribution in [0.2, 0.25) is 0 Å². The highest BCUT2D eigenvalue weighted by Gasteiger charge is 2.15. The molecule has 2 aromatic carbocycles. The van der Waals surface area contributed by atoms with Gasteiger partial charge < -0.3 is 20.1 Å². The van der Waals surface area contributed by atoms with E-state index in [1.807, 2.05) is 12.1 Å². The summed E-state index contributed by atoms with van der Waals surface area (Å²) >= 11 is 0. The van der Waals surface area contributed by atoms with Gasteiger partial charge in [0, 0.05) is 6.54 Å². The van der Waals surface area contributed by atoms with Gasteiger partial charge in [-0.05, 0) is 36.2 Å². The SMILES string of the molecule is O=C(NCCc1ccc2c(c1)OCCO2)Nc1ccc(F)c(F)c1F. The number of rotatable bonds is 4. The van der Waals surface area contributed by atoms with Crippen molar-refractivity contribution in [3.05, 3.63) is 53.3 Å². The lowest BCUT2D eigenvalue weighted by Crippen LogP contribution is -2.31. The number of carbonyl (C=O) groups excluding carboxylic acids is 1. The summed E-state index contributed by atoms with van der Waals surface area (Å²) in [5, 5.41) is 4.65. The number of hydrogen-bond donors (Lipinski definition) is 2. The number of nitrogens with one attached hydrogen (secondary N) is 2. The summed E-state index contributed by atoms with van der Waals surface area (Å²) in [7, 11) is 0. The van der Waals surface area contributed by atoms with E-state index in [2.05, 4.69) is 10.6 Å². The molecule has 0 radical (unpaired) electrons. The Kier molecular flexibility index (Phi) is 4.97. The van der Waals surface area contributed by atoms with E-state index in [1.165, 1.54) is 0 Å². The van der Waals surface area contributed by atoms with E-state index in [0.717, 1.165) is 17.7 Å². The predicted octanol–water partition coefficient (Wildman–Crippen LogP) is 3.24. The second-order valence-corrected chi connectivity index (χ2v) is 5.33. The van der Waals surface area contributed by atoms with Crippen LogP contribution in [0, 0.1) is 17.5 Å². The molecule has 0 saturated heterocycles. The highest BCUT2D eigenvalue weighted by molar-refractivity contribution is 5.89. The van der Waals surface area contributed by atoms with Crippen LogP contribution in [-0.4, -0.2) is 25.8 Å². The van der Waals surface area contributed by atoms with Crippen molar-refractivity contribution in [2.45, 2.75) is 6.42 Å². The minimum atomic E-state index is -1.63. The standard InChI is InChI=1S/C17H15F3N2O3/c18-11-2-3-12(16(20)15(11)19)22-17(23)21-6-5-10-1-4-13-14(9-10)25-8-7-24-13/h1-4,9H,5-8H2,(H2,21,22,23). The lowest BCUT2D eigenvalue weighted by molar-refractivity contribution is 0.171. The molecule has 5 nitrogen and oxygen atoms in total. The summed E-state index contributed by atoms with van der Waals surface area (Å²) in [4.78, 5) is 11.7. The van der Waals surface area contributed by atoms with Crippen LogP contribution < -0.4 is 20.1 Å². The second kappa shape index (κ2) is 7.33. The molecule has 0 spiro atoms. The van der Waals surface area contributed by atoms with E-state index >= 15 is 0 Å². The van der Waals surface area contributed by atoms with Crippen LogP contribution in [0.3, 0.4) is 0 Å². The number of amides is 2. The quantitative estimate of drug-likeness (QED) is 0.831. The maximum absolute atomic E-state index is 13.5. The number of anilines is 1. The van der Waals surface area contributed by atoms with Crippen molar-refractivity contribution < 1.29 is 27.4 Å².